The lowest BCUT2D eigenvalue weighted by molar-refractivity contribution is -0.906. The van der Waals surface area contributed by atoms with E-state index in [9.17, 15) is 14.4 Å². The van der Waals surface area contributed by atoms with Gasteiger partial charge in [0.1, 0.15) is 6.54 Å². The Labute approximate surface area is 164 Å². The number of quaternary nitrogens is 1. The van der Waals surface area contributed by atoms with Gasteiger partial charge in [-0.2, -0.15) is 0 Å². The van der Waals surface area contributed by atoms with Crippen molar-refractivity contribution < 1.29 is 14.5 Å². The van der Waals surface area contributed by atoms with Gasteiger partial charge in [0.15, 0.2) is 12.4 Å². The molecule has 4 N–H and O–H groups in total. The summed E-state index contributed by atoms with van der Waals surface area (Å²) in [5, 5.41) is 5.63. The molecule has 0 aliphatic rings. The van der Waals surface area contributed by atoms with Crippen LogP contribution in [0.15, 0.2) is 29.1 Å². The zero-order valence-corrected chi connectivity index (χ0v) is 16.8. The van der Waals surface area contributed by atoms with E-state index in [-0.39, 0.29) is 24.1 Å². The van der Waals surface area contributed by atoms with Crippen molar-refractivity contribution in [3.8, 4) is 0 Å². The van der Waals surface area contributed by atoms with E-state index in [1.165, 1.54) is 0 Å². The number of aromatic nitrogens is 2. The third kappa shape index (κ3) is 6.45. The van der Waals surface area contributed by atoms with E-state index in [0.717, 1.165) is 30.7 Å². The van der Waals surface area contributed by atoms with Crippen molar-refractivity contribution in [2.24, 2.45) is 0 Å². The van der Waals surface area contributed by atoms with E-state index in [2.05, 4.69) is 27.5 Å². The van der Waals surface area contributed by atoms with Crippen LogP contribution in [0.1, 0.15) is 45.9 Å². The van der Waals surface area contributed by atoms with Crippen molar-refractivity contribution in [1.82, 2.24) is 20.6 Å². The Bertz CT molecular complexity index is 864. The Kier molecular flexibility index (Phi) is 8.13. The number of H-pyrrole nitrogens is 1. The maximum atomic E-state index is 12.3. The highest BCUT2D eigenvalue weighted by Gasteiger charge is 2.18. The second-order valence-corrected chi connectivity index (χ2v) is 7.07. The Morgan fingerprint density at radius 1 is 1.25 bits per heavy atom. The molecule has 152 valence electrons. The number of nitrogens with one attached hydrogen (secondary N) is 4. The van der Waals surface area contributed by atoms with Crippen molar-refractivity contribution in [2.45, 2.75) is 52.6 Å². The Morgan fingerprint density at radius 2 is 2.00 bits per heavy atom. The summed E-state index contributed by atoms with van der Waals surface area (Å²) in [6.45, 7) is 7.19. The first-order chi connectivity index (χ1) is 13.4. The number of hydrogen-bond donors (Lipinski definition) is 4. The molecule has 28 heavy (non-hydrogen) atoms. The lowest BCUT2D eigenvalue weighted by atomic mass is 10.2. The van der Waals surface area contributed by atoms with Crippen LogP contribution in [0.3, 0.4) is 0 Å². The van der Waals surface area contributed by atoms with Gasteiger partial charge in [-0.15, -0.1) is 0 Å². The van der Waals surface area contributed by atoms with E-state index in [4.69, 9.17) is 0 Å². The molecule has 1 aromatic heterocycles. The van der Waals surface area contributed by atoms with Gasteiger partial charge in [-0.25, -0.2) is 9.78 Å². The molecule has 0 saturated carbocycles. The summed E-state index contributed by atoms with van der Waals surface area (Å²) in [7, 11) is 0. The molecule has 0 aliphatic heterocycles. The van der Waals surface area contributed by atoms with Crippen LogP contribution in [0.25, 0.3) is 10.9 Å². The molecule has 1 unspecified atom stereocenters. The number of benzene rings is 1. The fourth-order valence-corrected chi connectivity index (χ4v) is 2.88. The largest absolute Gasteiger partial charge is 0.335 e. The first kappa shape index (κ1) is 21.6. The quantitative estimate of drug-likeness (QED) is 0.508. The molecule has 0 saturated heterocycles. The minimum Gasteiger partial charge on any atom is -0.335 e. The van der Waals surface area contributed by atoms with Gasteiger partial charge >= 0.3 is 6.03 Å². The summed E-state index contributed by atoms with van der Waals surface area (Å²) in [6, 6.07) is 6.69. The number of hydrogen-bond acceptors (Lipinski definition) is 4. The molecule has 3 amide bonds. The molecule has 2 atom stereocenters. The summed E-state index contributed by atoms with van der Waals surface area (Å²) in [5.74, 6) is 0.182. The van der Waals surface area contributed by atoms with Crippen LogP contribution in [-0.4, -0.2) is 41.0 Å². The number of urea groups is 1. The van der Waals surface area contributed by atoms with Gasteiger partial charge in [-0.1, -0.05) is 32.4 Å². The number of fused-ring (bicyclic) bond motifs is 1. The average Bonchev–Trinajstić information content (AvgIpc) is 2.65. The highest BCUT2D eigenvalue weighted by atomic mass is 16.2. The maximum absolute atomic E-state index is 12.3. The van der Waals surface area contributed by atoms with E-state index in [1.54, 1.807) is 18.2 Å². The zero-order valence-electron chi connectivity index (χ0n) is 16.8. The second-order valence-electron chi connectivity index (χ2n) is 7.07. The number of carbonyl (C=O) groups excluding carboxylic acids is 2. The van der Waals surface area contributed by atoms with Crippen LogP contribution >= 0.6 is 0 Å². The number of nitrogens with zero attached hydrogens (tertiary/aromatic N) is 1. The van der Waals surface area contributed by atoms with E-state index < -0.39 is 6.03 Å². The van der Waals surface area contributed by atoms with Crippen molar-refractivity contribution in [3.63, 3.8) is 0 Å². The number of rotatable bonds is 9. The molecule has 2 rings (SSSR count). The summed E-state index contributed by atoms with van der Waals surface area (Å²) < 4.78 is 0. The smallest absolute Gasteiger partial charge is 0.321 e. The normalized spacial score (nSPS) is 13.1. The maximum Gasteiger partial charge on any atom is 0.321 e. The predicted molar refractivity (Wildman–Crippen MR) is 108 cm³/mol. The molecule has 8 nitrogen and oxygen atoms in total. The van der Waals surface area contributed by atoms with E-state index in [1.807, 2.05) is 19.9 Å². The first-order valence-electron chi connectivity index (χ1n) is 9.84. The molecular weight excluding hydrogens is 358 g/mol. The van der Waals surface area contributed by atoms with Gasteiger partial charge in [0.25, 0.3) is 11.5 Å². The molecular formula is C20H30N5O3+. The highest BCUT2D eigenvalue weighted by molar-refractivity contribution is 5.94. The van der Waals surface area contributed by atoms with Crippen LogP contribution in [0.4, 0.5) is 4.79 Å². The van der Waals surface area contributed by atoms with Crippen LogP contribution in [-0.2, 0) is 11.3 Å². The Morgan fingerprint density at radius 3 is 2.71 bits per heavy atom. The van der Waals surface area contributed by atoms with Crippen molar-refractivity contribution in [2.75, 3.05) is 13.1 Å². The Hall–Kier alpha value is -2.74. The van der Waals surface area contributed by atoms with E-state index in [0.29, 0.717) is 23.3 Å². The number of amides is 3. The van der Waals surface area contributed by atoms with Gasteiger partial charge < -0.3 is 15.2 Å². The van der Waals surface area contributed by atoms with Crippen molar-refractivity contribution in [1.29, 1.82) is 0 Å². The highest BCUT2D eigenvalue weighted by Crippen LogP contribution is 2.04. The summed E-state index contributed by atoms with van der Waals surface area (Å²) in [5.41, 5.74) is 0.446. The molecule has 0 radical (unpaired) electrons. The van der Waals surface area contributed by atoms with Gasteiger partial charge in [0, 0.05) is 6.04 Å². The molecule has 0 fully saturated rings. The number of carbonyl (C=O) groups is 2. The molecule has 8 heteroatoms. The standard InChI is InChI=1S/C20H29N5O3/c1-4-6-11-25(13-18(26)24-20(28)21-14(3)5-2)12-17-22-16-10-8-7-9-15(16)19(27)23-17/h7-10,14H,4-6,11-13H2,1-3H3,(H,22,23,27)(H2,21,24,26,28)/p+1/t14-/m0/s1. The van der Waals surface area contributed by atoms with Gasteiger partial charge in [-0.3, -0.25) is 14.9 Å². The fraction of sp³-hybridized carbons (Fsp3) is 0.500. The summed E-state index contributed by atoms with van der Waals surface area (Å²) in [4.78, 5) is 44.7. The summed E-state index contributed by atoms with van der Waals surface area (Å²) >= 11 is 0. The minimum atomic E-state index is -0.480. The van der Waals surface area contributed by atoms with Gasteiger partial charge in [-0.05, 0) is 31.9 Å². The average molecular weight is 388 g/mol. The second kappa shape index (κ2) is 10.6. The minimum absolute atomic E-state index is 0.00298. The number of para-hydroxylation sites is 1. The number of unbranched alkanes of at least 4 members (excludes halogenated alkanes) is 1. The van der Waals surface area contributed by atoms with Crippen LogP contribution < -0.4 is 21.1 Å². The lowest BCUT2D eigenvalue weighted by Crippen LogP contribution is -3.12. The summed E-state index contributed by atoms with van der Waals surface area (Å²) in [6.07, 6.45) is 2.71. The first-order valence-corrected chi connectivity index (χ1v) is 9.84. The van der Waals surface area contributed by atoms with Gasteiger partial charge in [0.2, 0.25) is 0 Å². The number of imide groups is 1. The molecule has 0 spiro atoms. The molecule has 0 aliphatic carbocycles. The Balaban J connectivity index is 2.06. The van der Waals surface area contributed by atoms with Crippen molar-refractivity contribution in [3.05, 3.63) is 40.4 Å². The van der Waals surface area contributed by atoms with Crippen LogP contribution in [0, 0.1) is 0 Å². The predicted octanol–water partition coefficient (Wildman–Crippen LogP) is 0.732. The molecule has 2 aromatic rings. The van der Waals surface area contributed by atoms with E-state index >= 15 is 0 Å². The van der Waals surface area contributed by atoms with Crippen LogP contribution in [0.2, 0.25) is 0 Å². The van der Waals surface area contributed by atoms with Crippen LogP contribution in [0.5, 0.6) is 0 Å². The molecule has 1 aromatic carbocycles. The zero-order chi connectivity index (χ0) is 20.5. The fourth-order valence-electron chi connectivity index (χ4n) is 2.88. The third-order valence-electron chi connectivity index (χ3n) is 4.62. The lowest BCUT2D eigenvalue weighted by Gasteiger charge is -2.19. The topological polar surface area (TPSA) is 108 Å². The van der Waals surface area contributed by atoms with Gasteiger partial charge in [0.05, 0.1) is 17.4 Å². The monoisotopic (exact) mass is 388 g/mol. The SMILES string of the molecule is CCCC[NH+](CC(=O)NC(=O)N[C@@H](C)CC)Cc1nc2ccccc2c(=O)[nH]1. The number of aromatic amines is 1. The van der Waals surface area contributed by atoms with Crippen molar-refractivity contribution >= 4 is 22.8 Å². The molecule has 0 bridgehead atoms. The third-order valence-corrected chi connectivity index (χ3v) is 4.62. The molecule has 1 heterocycles.